The van der Waals surface area contributed by atoms with Gasteiger partial charge >= 0.3 is 0 Å². The molecule has 1 aliphatic rings. The molecule has 1 N–H and O–H groups in total. The SMILES string of the molecule is CCCCS(=O)(=O)N[C@@H](Cc1ccccc1)C(=O)N1CCCCC1. The van der Waals surface area contributed by atoms with Crippen molar-refractivity contribution in [1.29, 1.82) is 0 Å². The quantitative estimate of drug-likeness (QED) is 0.781. The Bertz CT molecular complexity index is 610. The van der Waals surface area contributed by atoms with E-state index < -0.39 is 16.1 Å². The molecule has 0 radical (unpaired) electrons. The second kappa shape index (κ2) is 9.18. The summed E-state index contributed by atoms with van der Waals surface area (Å²) < 4.78 is 27.2. The third-order valence-corrected chi connectivity index (χ3v) is 5.81. The molecule has 6 heteroatoms. The van der Waals surface area contributed by atoms with Crippen molar-refractivity contribution in [2.45, 2.75) is 51.5 Å². The van der Waals surface area contributed by atoms with Crippen LogP contribution in [0.4, 0.5) is 0 Å². The van der Waals surface area contributed by atoms with E-state index in [0.717, 1.165) is 44.3 Å². The molecule has 0 bridgehead atoms. The zero-order valence-electron chi connectivity index (χ0n) is 14.4. The number of piperidine rings is 1. The maximum Gasteiger partial charge on any atom is 0.241 e. The van der Waals surface area contributed by atoms with E-state index in [-0.39, 0.29) is 11.7 Å². The summed E-state index contributed by atoms with van der Waals surface area (Å²) in [7, 11) is -3.44. The van der Waals surface area contributed by atoms with Crippen molar-refractivity contribution < 1.29 is 13.2 Å². The van der Waals surface area contributed by atoms with Crippen LogP contribution in [0, 0.1) is 0 Å². The van der Waals surface area contributed by atoms with Crippen molar-refractivity contribution in [1.82, 2.24) is 9.62 Å². The van der Waals surface area contributed by atoms with E-state index in [1.165, 1.54) is 0 Å². The monoisotopic (exact) mass is 352 g/mol. The van der Waals surface area contributed by atoms with Crippen molar-refractivity contribution in [2.24, 2.45) is 0 Å². The van der Waals surface area contributed by atoms with Crippen LogP contribution in [0.15, 0.2) is 30.3 Å². The van der Waals surface area contributed by atoms with Crippen LogP contribution in [0.25, 0.3) is 0 Å². The minimum atomic E-state index is -3.44. The minimum absolute atomic E-state index is 0.0715. The molecule has 0 aromatic heterocycles. The molecular formula is C18H28N2O3S. The van der Waals surface area contributed by atoms with Crippen LogP contribution in [-0.2, 0) is 21.2 Å². The summed E-state index contributed by atoms with van der Waals surface area (Å²) in [4.78, 5) is 14.7. The Morgan fingerprint density at radius 2 is 1.83 bits per heavy atom. The fraction of sp³-hybridized carbons (Fsp3) is 0.611. The summed E-state index contributed by atoms with van der Waals surface area (Å²) in [5.41, 5.74) is 0.964. The number of hydrogen-bond donors (Lipinski definition) is 1. The van der Waals surface area contributed by atoms with Gasteiger partial charge in [-0.15, -0.1) is 0 Å². The highest BCUT2D eigenvalue weighted by atomic mass is 32.2. The number of benzene rings is 1. The number of nitrogens with one attached hydrogen (secondary N) is 1. The van der Waals surface area contributed by atoms with Gasteiger partial charge in [0.05, 0.1) is 5.75 Å². The smallest absolute Gasteiger partial charge is 0.241 e. The van der Waals surface area contributed by atoms with Crippen molar-refractivity contribution in [3.05, 3.63) is 35.9 Å². The molecule has 0 saturated carbocycles. The average molecular weight is 353 g/mol. The Hall–Kier alpha value is -1.40. The van der Waals surface area contributed by atoms with Crippen molar-refractivity contribution in [2.75, 3.05) is 18.8 Å². The Kier molecular flexibility index (Phi) is 7.24. The lowest BCUT2D eigenvalue weighted by Gasteiger charge is -2.30. The van der Waals surface area contributed by atoms with Crippen molar-refractivity contribution in [3.8, 4) is 0 Å². The highest BCUT2D eigenvalue weighted by Gasteiger charge is 2.29. The highest BCUT2D eigenvalue weighted by molar-refractivity contribution is 7.89. The molecule has 1 aromatic carbocycles. The Morgan fingerprint density at radius 1 is 1.17 bits per heavy atom. The number of carbonyl (C=O) groups excluding carboxylic acids is 1. The third-order valence-electron chi connectivity index (χ3n) is 4.34. The standard InChI is InChI=1S/C18H28N2O3S/c1-2-3-14-24(22,23)19-17(15-16-10-6-4-7-11-16)18(21)20-12-8-5-9-13-20/h4,6-7,10-11,17,19H,2-3,5,8-9,12-15H2,1H3/t17-/m0/s1. The lowest BCUT2D eigenvalue weighted by atomic mass is 10.0. The van der Waals surface area contributed by atoms with E-state index in [9.17, 15) is 13.2 Å². The molecule has 0 spiro atoms. The first-order chi connectivity index (χ1) is 11.5. The van der Waals surface area contributed by atoms with Crippen LogP contribution in [0.3, 0.4) is 0 Å². The van der Waals surface area contributed by atoms with Crippen molar-refractivity contribution >= 4 is 15.9 Å². The largest absolute Gasteiger partial charge is 0.341 e. The predicted octanol–water partition coefficient (Wildman–Crippen LogP) is 2.33. The molecule has 2 rings (SSSR count). The first-order valence-corrected chi connectivity index (χ1v) is 10.5. The summed E-state index contributed by atoms with van der Waals surface area (Å²) in [6, 6.07) is 8.86. The number of hydrogen-bond acceptors (Lipinski definition) is 3. The predicted molar refractivity (Wildman–Crippen MR) is 96.2 cm³/mol. The average Bonchev–Trinajstić information content (AvgIpc) is 2.60. The lowest BCUT2D eigenvalue weighted by molar-refractivity contribution is -0.133. The minimum Gasteiger partial charge on any atom is -0.341 e. The summed E-state index contributed by atoms with van der Waals surface area (Å²) in [5.74, 6) is -0.0270. The van der Waals surface area contributed by atoms with E-state index in [4.69, 9.17) is 0 Å². The summed E-state index contributed by atoms with van der Waals surface area (Å²) in [6.45, 7) is 3.40. The van der Waals surface area contributed by atoms with Gasteiger partial charge in [-0.1, -0.05) is 43.7 Å². The molecule has 1 heterocycles. The number of likely N-dealkylation sites (tertiary alicyclic amines) is 1. The fourth-order valence-corrected chi connectivity index (χ4v) is 4.38. The second-order valence-corrected chi connectivity index (χ2v) is 8.29. The van der Waals surface area contributed by atoms with Gasteiger partial charge in [-0.05, 0) is 37.7 Å². The molecule has 1 atom stereocenters. The second-order valence-electron chi connectivity index (χ2n) is 6.42. The maximum absolute atomic E-state index is 12.9. The third kappa shape index (κ3) is 5.91. The van der Waals surface area contributed by atoms with E-state index in [0.29, 0.717) is 12.8 Å². The van der Waals surface area contributed by atoms with Crippen LogP contribution in [0.1, 0.15) is 44.6 Å². The zero-order valence-corrected chi connectivity index (χ0v) is 15.2. The van der Waals surface area contributed by atoms with Crippen molar-refractivity contribution in [3.63, 3.8) is 0 Å². The summed E-state index contributed by atoms with van der Waals surface area (Å²) in [6.07, 6.45) is 4.92. The highest BCUT2D eigenvalue weighted by Crippen LogP contribution is 2.13. The Morgan fingerprint density at radius 3 is 2.46 bits per heavy atom. The summed E-state index contributed by atoms with van der Waals surface area (Å²) >= 11 is 0. The number of amides is 1. The van der Waals surface area contributed by atoms with E-state index in [1.54, 1.807) is 4.90 Å². The van der Waals surface area contributed by atoms with Crippen LogP contribution in [0.5, 0.6) is 0 Å². The lowest BCUT2D eigenvalue weighted by Crippen LogP contribution is -2.51. The van der Waals surface area contributed by atoms with Gasteiger partial charge in [0.15, 0.2) is 0 Å². The van der Waals surface area contributed by atoms with E-state index in [2.05, 4.69) is 4.72 Å². The molecule has 1 amide bonds. The van der Waals surface area contributed by atoms with Gasteiger partial charge in [-0.2, -0.15) is 0 Å². The molecule has 1 aliphatic heterocycles. The van der Waals surface area contributed by atoms with Crippen LogP contribution < -0.4 is 4.72 Å². The maximum atomic E-state index is 12.9. The van der Waals surface area contributed by atoms with Crippen LogP contribution in [-0.4, -0.2) is 44.1 Å². The molecule has 24 heavy (non-hydrogen) atoms. The van der Waals surface area contributed by atoms with Gasteiger partial charge in [0.25, 0.3) is 0 Å². The molecular weight excluding hydrogens is 324 g/mol. The van der Waals surface area contributed by atoms with Crippen LogP contribution >= 0.6 is 0 Å². The molecule has 0 aliphatic carbocycles. The van der Waals surface area contributed by atoms with Gasteiger partial charge in [-0.3, -0.25) is 4.79 Å². The normalized spacial score (nSPS) is 16.8. The van der Waals surface area contributed by atoms with Gasteiger partial charge in [0, 0.05) is 13.1 Å². The van der Waals surface area contributed by atoms with E-state index >= 15 is 0 Å². The van der Waals surface area contributed by atoms with Gasteiger partial charge in [0.1, 0.15) is 6.04 Å². The summed E-state index contributed by atoms with van der Waals surface area (Å²) in [5, 5.41) is 0. The number of rotatable bonds is 8. The molecule has 1 aromatic rings. The topological polar surface area (TPSA) is 66.5 Å². The van der Waals surface area contributed by atoms with Gasteiger partial charge in [-0.25, -0.2) is 13.1 Å². The molecule has 1 saturated heterocycles. The molecule has 1 fully saturated rings. The van der Waals surface area contributed by atoms with Gasteiger partial charge < -0.3 is 4.90 Å². The fourth-order valence-electron chi connectivity index (χ4n) is 2.97. The number of carbonyl (C=O) groups is 1. The Labute approximate surface area is 145 Å². The molecule has 5 nitrogen and oxygen atoms in total. The molecule has 0 unspecified atom stereocenters. The van der Waals surface area contributed by atoms with E-state index in [1.807, 2.05) is 37.3 Å². The first kappa shape index (κ1) is 18.9. The molecule has 134 valence electrons. The zero-order chi connectivity index (χ0) is 17.4. The first-order valence-electron chi connectivity index (χ1n) is 8.84. The Balaban J connectivity index is 2.12. The number of unbranched alkanes of at least 4 members (excludes halogenated alkanes) is 1. The number of nitrogens with zero attached hydrogens (tertiary/aromatic N) is 1. The van der Waals surface area contributed by atoms with Crippen LogP contribution in [0.2, 0.25) is 0 Å². The number of sulfonamides is 1. The van der Waals surface area contributed by atoms with Gasteiger partial charge in [0.2, 0.25) is 15.9 Å².